The number of aliphatic carboxylic acids is 1. The first-order valence-electron chi connectivity index (χ1n) is 5.85. The molecule has 4 nitrogen and oxygen atoms in total. The average molecular weight is 235 g/mol. The van der Waals surface area contributed by atoms with Crippen LogP contribution in [-0.4, -0.2) is 24.2 Å². The SMILES string of the molecule is NC[C@@H]1CCc2cc(OCC(=O)O)ccc2C1. The Kier molecular flexibility index (Phi) is 3.64. The molecule has 0 spiro atoms. The summed E-state index contributed by atoms with van der Waals surface area (Å²) in [6, 6.07) is 5.81. The van der Waals surface area contributed by atoms with Crippen molar-refractivity contribution >= 4 is 5.97 Å². The fraction of sp³-hybridized carbons (Fsp3) is 0.462. The van der Waals surface area contributed by atoms with Crippen molar-refractivity contribution in [2.24, 2.45) is 11.7 Å². The maximum atomic E-state index is 10.4. The first kappa shape index (κ1) is 11.9. The highest BCUT2D eigenvalue weighted by molar-refractivity contribution is 5.68. The summed E-state index contributed by atoms with van der Waals surface area (Å²) >= 11 is 0. The quantitative estimate of drug-likeness (QED) is 0.822. The second-order valence-corrected chi connectivity index (χ2v) is 4.46. The molecule has 0 amide bonds. The number of rotatable bonds is 4. The highest BCUT2D eigenvalue weighted by atomic mass is 16.5. The van der Waals surface area contributed by atoms with Crippen LogP contribution < -0.4 is 10.5 Å². The van der Waals surface area contributed by atoms with E-state index in [0.717, 1.165) is 25.8 Å². The molecule has 92 valence electrons. The van der Waals surface area contributed by atoms with Gasteiger partial charge in [0, 0.05) is 0 Å². The predicted octanol–water partition coefficient (Wildman–Crippen LogP) is 1.21. The average Bonchev–Trinajstić information content (AvgIpc) is 2.35. The maximum Gasteiger partial charge on any atom is 0.341 e. The van der Waals surface area contributed by atoms with Crippen molar-refractivity contribution in [2.45, 2.75) is 19.3 Å². The van der Waals surface area contributed by atoms with Gasteiger partial charge in [0.25, 0.3) is 0 Å². The van der Waals surface area contributed by atoms with Crippen LogP contribution in [0.1, 0.15) is 17.5 Å². The fourth-order valence-corrected chi connectivity index (χ4v) is 2.24. The third kappa shape index (κ3) is 2.97. The Hall–Kier alpha value is -1.55. The van der Waals surface area contributed by atoms with Gasteiger partial charge in [0.2, 0.25) is 0 Å². The molecule has 1 aromatic carbocycles. The van der Waals surface area contributed by atoms with E-state index in [2.05, 4.69) is 0 Å². The van der Waals surface area contributed by atoms with E-state index in [1.165, 1.54) is 11.1 Å². The van der Waals surface area contributed by atoms with Gasteiger partial charge in [0.1, 0.15) is 5.75 Å². The van der Waals surface area contributed by atoms with Crippen LogP contribution in [0.25, 0.3) is 0 Å². The zero-order valence-corrected chi connectivity index (χ0v) is 9.69. The summed E-state index contributed by atoms with van der Waals surface area (Å²) in [6.07, 6.45) is 3.12. The second-order valence-electron chi connectivity index (χ2n) is 4.46. The van der Waals surface area contributed by atoms with Gasteiger partial charge in [-0.3, -0.25) is 0 Å². The van der Waals surface area contributed by atoms with Gasteiger partial charge < -0.3 is 15.6 Å². The minimum atomic E-state index is -0.953. The van der Waals surface area contributed by atoms with Gasteiger partial charge in [0.05, 0.1) is 0 Å². The Balaban J connectivity index is 2.07. The molecule has 0 saturated heterocycles. The van der Waals surface area contributed by atoms with Crippen LogP contribution in [0.15, 0.2) is 18.2 Å². The molecule has 0 saturated carbocycles. The molecule has 1 atom stereocenters. The predicted molar refractivity (Wildman–Crippen MR) is 64.1 cm³/mol. The molecule has 17 heavy (non-hydrogen) atoms. The van der Waals surface area contributed by atoms with Crippen LogP contribution in [0.5, 0.6) is 5.75 Å². The lowest BCUT2D eigenvalue weighted by atomic mass is 9.84. The van der Waals surface area contributed by atoms with Crippen LogP contribution in [-0.2, 0) is 17.6 Å². The number of nitrogens with two attached hydrogens (primary N) is 1. The van der Waals surface area contributed by atoms with Crippen molar-refractivity contribution in [1.29, 1.82) is 0 Å². The van der Waals surface area contributed by atoms with E-state index in [-0.39, 0.29) is 6.61 Å². The van der Waals surface area contributed by atoms with Crippen LogP contribution >= 0.6 is 0 Å². The summed E-state index contributed by atoms with van der Waals surface area (Å²) in [5.41, 5.74) is 8.26. The third-order valence-electron chi connectivity index (χ3n) is 3.20. The summed E-state index contributed by atoms with van der Waals surface area (Å²) < 4.78 is 5.16. The number of carbonyl (C=O) groups is 1. The van der Waals surface area contributed by atoms with Crippen LogP contribution in [0.2, 0.25) is 0 Å². The lowest BCUT2D eigenvalue weighted by Crippen LogP contribution is -2.22. The Morgan fingerprint density at radius 3 is 3.00 bits per heavy atom. The normalized spacial score (nSPS) is 18.5. The third-order valence-corrected chi connectivity index (χ3v) is 3.20. The van der Waals surface area contributed by atoms with Gasteiger partial charge in [-0.15, -0.1) is 0 Å². The van der Waals surface area contributed by atoms with Crippen molar-refractivity contribution in [1.82, 2.24) is 0 Å². The molecular weight excluding hydrogens is 218 g/mol. The molecule has 0 heterocycles. The van der Waals surface area contributed by atoms with Gasteiger partial charge in [-0.1, -0.05) is 6.07 Å². The van der Waals surface area contributed by atoms with E-state index in [4.69, 9.17) is 15.6 Å². The standard InChI is InChI=1S/C13H17NO3/c14-7-9-1-2-11-6-12(17-8-13(15)16)4-3-10(11)5-9/h3-4,6,9H,1-2,5,7-8,14H2,(H,15,16)/t9-/m1/s1. The lowest BCUT2D eigenvalue weighted by molar-refractivity contribution is -0.139. The van der Waals surface area contributed by atoms with E-state index >= 15 is 0 Å². The Morgan fingerprint density at radius 2 is 2.29 bits per heavy atom. The zero-order valence-electron chi connectivity index (χ0n) is 9.69. The molecule has 0 unspecified atom stereocenters. The highest BCUT2D eigenvalue weighted by Gasteiger charge is 2.17. The summed E-state index contributed by atoms with van der Waals surface area (Å²) in [5, 5.41) is 8.54. The molecule has 1 aliphatic rings. The summed E-state index contributed by atoms with van der Waals surface area (Å²) in [4.78, 5) is 10.4. The number of fused-ring (bicyclic) bond motifs is 1. The molecule has 0 fully saturated rings. The molecule has 1 aromatic rings. The topological polar surface area (TPSA) is 72.5 Å². The number of benzene rings is 1. The number of aryl methyl sites for hydroxylation is 1. The largest absolute Gasteiger partial charge is 0.482 e. The number of hydrogen-bond donors (Lipinski definition) is 2. The van der Waals surface area contributed by atoms with Crippen molar-refractivity contribution < 1.29 is 14.6 Å². The number of carboxylic acid groups (broad SMARTS) is 1. The molecule has 2 rings (SSSR count). The lowest BCUT2D eigenvalue weighted by Gasteiger charge is -2.23. The fourth-order valence-electron chi connectivity index (χ4n) is 2.24. The molecular formula is C13H17NO3. The Bertz CT molecular complexity index is 417. The smallest absolute Gasteiger partial charge is 0.341 e. The Morgan fingerprint density at radius 1 is 1.47 bits per heavy atom. The number of carboxylic acids is 1. The van der Waals surface area contributed by atoms with Crippen molar-refractivity contribution in [3.8, 4) is 5.75 Å². The second kappa shape index (κ2) is 5.19. The maximum absolute atomic E-state index is 10.4. The van der Waals surface area contributed by atoms with Crippen molar-refractivity contribution in [2.75, 3.05) is 13.2 Å². The van der Waals surface area contributed by atoms with Crippen LogP contribution in [0.3, 0.4) is 0 Å². The molecule has 0 aromatic heterocycles. The molecule has 4 heteroatoms. The molecule has 0 radical (unpaired) electrons. The zero-order chi connectivity index (χ0) is 12.3. The van der Waals surface area contributed by atoms with E-state index in [9.17, 15) is 4.79 Å². The molecule has 1 aliphatic carbocycles. The monoisotopic (exact) mass is 235 g/mol. The first-order chi connectivity index (χ1) is 8.19. The van der Waals surface area contributed by atoms with Gasteiger partial charge in [-0.2, -0.15) is 0 Å². The Labute approximate surface area is 100 Å². The molecule has 0 bridgehead atoms. The van der Waals surface area contributed by atoms with Gasteiger partial charge in [0.15, 0.2) is 6.61 Å². The van der Waals surface area contributed by atoms with Gasteiger partial charge >= 0.3 is 5.97 Å². The van der Waals surface area contributed by atoms with Gasteiger partial charge in [-0.25, -0.2) is 4.79 Å². The van der Waals surface area contributed by atoms with E-state index in [1.807, 2.05) is 18.2 Å². The number of hydrogen-bond acceptors (Lipinski definition) is 3. The number of ether oxygens (including phenoxy) is 1. The summed E-state index contributed by atoms with van der Waals surface area (Å²) in [5.74, 6) is 0.261. The van der Waals surface area contributed by atoms with Crippen LogP contribution in [0.4, 0.5) is 0 Å². The van der Waals surface area contributed by atoms with Crippen LogP contribution in [0, 0.1) is 5.92 Å². The molecule has 0 aliphatic heterocycles. The summed E-state index contributed by atoms with van der Waals surface area (Å²) in [7, 11) is 0. The van der Waals surface area contributed by atoms with Crippen molar-refractivity contribution in [3.05, 3.63) is 29.3 Å². The minimum Gasteiger partial charge on any atom is -0.482 e. The molecule has 3 N–H and O–H groups in total. The van der Waals surface area contributed by atoms with E-state index in [0.29, 0.717) is 11.7 Å². The van der Waals surface area contributed by atoms with Crippen molar-refractivity contribution in [3.63, 3.8) is 0 Å². The highest BCUT2D eigenvalue weighted by Crippen LogP contribution is 2.28. The first-order valence-corrected chi connectivity index (χ1v) is 5.85. The van der Waals surface area contributed by atoms with Gasteiger partial charge in [-0.05, 0) is 55.0 Å². The van der Waals surface area contributed by atoms with E-state index < -0.39 is 5.97 Å². The summed E-state index contributed by atoms with van der Waals surface area (Å²) in [6.45, 7) is 0.445. The van der Waals surface area contributed by atoms with E-state index in [1.54, 1.807) is 0 Å². The minimum absolute atomic E-state index is 0.287.